The molecule has 1 aliphatic rings. The molecule has 3 heteroatoms. The number of thioether (sulfide) groups is 1. The molecule has 0 bridgehead atoms. The minimum Gasteiger partial charge on any atom is -0.310 e. The summed E-state index contributed by atoms with van der Waals surface area (Å²) in [6, 6.07) is 9.92. The van der Waals surface area contributed by atoms with Crippen molar-refractivity contribution in [2.24, 2.45) is 0 Å². The Balaban J connectivity index is 1.80. The van der Waals surface area contributed by atoms with Gasteiger partial charge in [0.2, 0.25) is 0 Å². The van der Waals surface area contributed by atoms with Gasteiger partial charge in [-0.05, 0) is 37.5 Å². The SMILES string of the molecule is CC(Cc1ccc(Br)cc1)NC1CSC(C)C1. The van der Waals surface area contributed by atoms with Gasteiger partial charge in [-0.15, -0.1) is 0 Å². The lowest BCUT2D eigenvalue weighted by molar-refractivity contribution is 0.460. The van der Waals surface area contributed by atoms with Crippen LogP contribution in [0, 0.1) is 0 Å². The molecule has 17 heavy (non-hydrogen) atoms. The minimum absolute atomic E-state index is 0.562. The Kier molecular flexibility index (Phi) is 4.95. The molecule has 1 fully saturated rings. The van der Waals surface area contributed by atoms with Gasteiger partial charge in [-0.2, -0.15) is 11.8 Å². The molecule has 0 spiro atoms. The molecule has 1 saturated heterocycles. The van der Waals surface area contributed by atoms with Crippen LogP contribution in [-0.2, 0) is 6.42 Å². The molecule has 3 atom stereocenters. The molecule has 1 nitrogen and oxygen atoms in total. The van der Waals surface area contributed by atoms with Gasteiger partial charge >= 0.3 is 0 Å². The maximum atomic E-state index is 3.74. The highest BCUT2D eigenvalue weighted by molar-refractivity contribution is 9.10. The summed E-state index contributed by atoms with van der Waals surface area (Å²) >= 11 is 5.56. The van der Waals surface area contributed by atoms with E-state index in [4.69, 9.17) is 0 Å². The van der Waals surface area contributed by atoms with Gasteiger partial charge in [0.05, 0.1) is 0 Å². The van der Waals surface area contributed by atoms with Crippen molar-refractivity contribution in [3.05, 3.63) is 34.3 Å². The average Bonchev–Trinajstić information content (AvgIpc) is 2.67. The molecule has 0 saturated carbocycles. The molecule has 3 unspecified atom stereocenters. The van der Waals surface area contributed by atoms with Crippen molar-refractivity contribution in [3.63, 3.8) is 0 Å². The number of nitrogens with one attached hydrogen (secondary N) is 1. The second kappa shape index (κ2) is 6.26. The van der Waals surface area contributed by atoms with Crippen molar-refractivity contribution in [2.75, 3.05) is 5.75 Å². The fourth-order valence-electron chi connectivity index (χ4n) is 2.37. The van der Waals surface area contributed by atoms with Crippen LogP contribution in [0.3, 0.4) is 0 Å². The first-order valence-electron chi connectivity index (χ1n) is 6.25. The number of benzene rings is 1. The molecule has 0 amide bonds. The third-order valence-electron chi connectivity index (χ3n) is 3.17. The van der Waals surface area contributed by atoms with E-state index < -0.39 is 0 Å². The summed E-state index contributed by atoms with van der Waals surface area (Å²) in [5.74, 6) is 1.27. The van der Waals surface area contributed by atoms with Crippen LogP contribution in [0.2, 0.25) is 0 Å². The fraction of sp³-hybridized carbons (Fsp3) is 0.571. The number of hydrogen-bond acceptors (Lipinski definition) is 2. The van der Waals surface area contributed by atoms with E-state index in [0.29, 0.717) is 12.1 Å². The highest BCUT2D eigenvalue weighted by Crippen LogP contribution is 2.26. The van der Waals surface area contributed by atoms with Crippen molar-refractivity contribution in [3.8, 4) is 0 Å². The summed E-state index contributed by atoms with van der Waals surface area (Å²) in [6.07, 6.45) is 2.43. The van der Waals surface area contributed by atoms with Crippen LogP contribution < -0.4 is 5.32 Å². The van der Waals surface area contributed by atoms with Crippen LogP contribution in [0.1, 0.15) is 25.8 Å². The third-order valence-corrected chi connectivity index (χ3v) is 5.06. The monoisotopic (exact) mass is 313 g/mol. The van der Waals surface area contributed by atoms with E-state index >= 15 is 0 Å². The van der Waals surface area contributed by atoms with E-state index in [2.05, 4.69) is 71.1 Å². The Morgan fingerprint density at radius 1 is 1.41 bits per heavy atom. The van der Waals surface area contributed by atoms with Gasteiger partial charge < -0.3 is 5.32 Å². The van der Waals surface area contributed by atoms with E-state index in [9.17, 15) is 0 Å². The zero-order valence-corrected chi connectivity index (χ0v) is 12.9. The van der Waals surface area contributed by atoms with Crippen molar-refractivity contribution in [1.29, 1.82) is 0 Å². The number of halogens is 1. The Bertz CT molecular complexity index is 352. The molecule has 94 valence electrons. The van der Waals surface area contributed by atoms with Crippen LogP contribution >= 0.6 is 27.7 Å². The lowest BCUT2D eigenvalue weighted by Gasteiger charge is -2.19. The fourth-order valence-corrected chi connectivity index (χ4v) is 3.79. The maximum Gasteiger partial charge on any atom is 0.0175 e. The Labute approximate surface area is 117 Å². The van der Waals surface area contributed by atoms with Gasteiger partial charge in [0, 0.05) is 27.6 Å². The van der Waals surface area contributed by atoms with Crippen LogP contribution in [0.15, 0.2) is 28.7 Å². The van der Waals surface area contributed by atoms with E-state index in [-0.39, 0.29) is 0 Å². The highest BCUT2D eigenvalue weighted by atomic mass is 79.9. The topological polar surface area (TPSA) is 12.0 Å². The Morgan fingerprint density at radius 2 is 2.12 bits per heavy atom. The van der Waals surface area contributed by atoms with Gasteiger partial charge in [0.25, 0.3) is 0 Å². The van der Waals surface area contributed by atoms with Gasteiger partial charge in [-0.1, -0.05) is 35.0 Å². The van der Waals surface area contributed by atoms with Crippen molar-refractivity contribution in [1.82, 2.24) is 5.32 Å². The number of hydrogen-bond donors (Lipinski definition) is 1. The lowest BCUT2D eigenvalue weighted by Crippen LogP contribution is -2.37. The first kappa shape index (κ1) is 13.4. The predicted octanol–water partition coefficient (Wildman–Crippen LogP) is 3.86. The van der Waals surface area contributed by atoms with Gasteiger partial charge in [0.1, 0.15) is 0 Å². The molecular formula is C14H20BrNS. The van der Waals surface area contributed by atoms with E-state index in [1.165, 1.54) is 17.7 Å². The molecule has 1 aromatic rings. The summed E-state index contributed by atoms with van der Waals surface area (Å²) in [4.78, 5) is 0. The van der Waals surface area contributed by atoms with Gasteiger partial charge in [-0.25, -0.2) is 0 Å². The standard InChI is InChI=1S/C14H20BrNS/c1-10(16-14-8-11(2)17-9-14)7-12-3-5-13(15)6-4-12/h3-6,10-11,14,16H,7-9H2,1-2H3. The second-order valence-corrected chi connectivity index (χ2v) is 7.36. The summed E-state index contributed by atoms with van der Waals surface area (Å²) in [6.45, 7) is 4.61. The molecule has 1 aliphatic heterocycles. The molecule has 0 radical (unpaired) electrons. The van der Waals surface area contributed by atoms with Crippen molar-refractivity contribution in [2.45, 2.75) is 44.0 Å². The van der Waals surface area contributed by atoms with Crippen LogP contribution in [-0.4, -0.2) is 23.1 Å². The van der Waals surface area contributed by atoms with E-state index in [0.717, 1.165) is 16.1 Å². The smallest absolute Gasteiger partial charge is 0.0175 e. The zero-order chi connectivity index (χ0) is 12.3. The summed E-state index contributed by atoms with van der Waals surface area (Å²) < 4.78 is 1.16. The summed E-state index contributed by atoms with van der Waals surface area (Å²) in [5.41, 5.74) is 1.41. The molecule has 1 N–H and O–H groups in total. The van der Waals surface area contributed by atoms with Gasteiger partial charge in [-0.3, -0.25) is 0 Å². The maximum absolute atomic E-state index is 3.74. The summed E-state index contributed by atoms with van der Waals surface area (Å²) in [5, 5.41) is 4.57. The van der Waals surface area contributed by atoms with E-state index in [1.54, 1.807) is 0 Å². The largest absolute Gasteiger partial charge is 0.310 e. The molecule has 1 aromatic carbocycles. The average molecular weight is 314 g/mol. The van der Waals surface area contributed by atoms with Crippen LogP contribution in [0.25, 0.3) is 0 Å². The van der Waals surface area contributed by atoms with Crippen LogP contribution in [0.4, 0.5) is 0 Å². The predicted molar refractivity (Wildman–Crippen MR) is 80.8 cm³/mol. The first-order chi connectivity index (χ1) is 8.13. The molecule has 0 aliphatic carbocycles. The zero-order valence-electron chi connectivity index (χ0n) is 10.4. The number of rotatable bonds is 4. The summed E-state index contributed by atoms with van der Waals surface area (Å²) in [7, 11) is 0. The Morgan fingerprint density at radius 3 is 2.71 bits per heavy atom. The highest BCUT2D eigenvalue weighted by Gasteiger charge is 2.22. The van der Waals surface area contributed by atoms with Crippen molar-refractivity contribution < 1.29 is 0 Å². The quantitative estimate of drug-likeness (QED) is 0.905. The first-order valence-corrected chi connectivity index (χ1v) is 8.10. The normalized spacial score (nSPS) is 26.1. The lowest BCUT2D eigenvalue weighted by atomic mass is 10.1. The van der Waals surface area contributed by atoms with Crippen molar-refractivity contribution >= 4 is 27.7 Å². The molecule has 2 rings (SSSR count). The Hall–Kier alpha value is 0.01000. The molecule has 0 aromatic heterocycles. The second-order valence-electron chi connectivity index (χ2n) is 4.97. The third kappa shape index (κ3) is 4.31. The molecular weight excluding hydrogens is 294 g/mol. The van der Waals surface area contributed by atoms with Crippen LogP contribution in [0.5, 0.6) is 0 Å². The molecule has 1 heterocycles. The van der Waals surface area contributed by atoms with E-state index in [1.807, 2.05) is 0 Å². The van der Waals surface area contributed by atoms with Gasteiger partial charge in [0.15, 0.2) is 0 Å². The minimum atomic E-state index is 0.562.